The third-order valence-electron chi connectivity index (χ3n) is 4.88. The van der Waals surface area contributed by atoms with Crippen LogP contribution in [0.25, 0.3) is 0 Å². The molecule has 2 rings (SSSR count). The van der Waals surface area contributed by atoms with Gasteiger partial charge in [0.2, 0.25) is 5.91 Å². The average molecular weight is 306 g/mol. The number of alkyl halides is 3. The van der Waals surface area contributed by atoms with Gasteiger partial charge >= 0.3 is 6.18 Å². The first-order chi connectivity index (χ1) is 9.80. The summed E-state index contributed by atoms with van der Waals surface area (Å²) in [6.45, 7) is 4.51. The Balaban J connectivity index is 1.82. The maximum Gasteiger partial charge on any atom is 0.391 e. The molecule has 2 aliphatic rings. The van der Waals surface area contributed by atoms with Crippen LogP contribution in [0.2, 0.25) is 0 Å². The van der Waals surface area contributed by atoms with E-state index in [4.69, 9.17) is 0 Å². The Morgan fingerprint density at radius 1 is 1.33 bits per heavy atom. The molecule has 0 aromatic rings. The number of hydrogen-bond acceptors (Lipinski definition) is 2. The molecule has 0 spiro atoms. The summed E-state index contributed by atoms with van der Waals surface area (Å²) >= 11 is 0. The van der Waals surface area contributed by atoms with Crippen LogP contribution in [0.1, 0.15) is 45.4 Å². The molecule has 1 aliphatic heterocycles. The van der Waals surface area contributed by atoms with E-state index in [0.29, 0.717) is 19.4 Å². The Kier molecular flexibility index (Phi) is 5.17. The lowest BCUT2D eigenvalue weighted by molar-refractivity contribution is -0.186. The van der Waals surface area contributed by atoms with Crippen LogP contribution in [0.15, 0.2) is 0 Å². The maximum atomic E-state index is 12.8. The standard InChI is InChI=1S/C15H25F3N2O/c1-14(6-3-7-19-9-14)10-20-13(21)11-4-2-5-12(8-11)15(16,17)18/h11-12,19H,2-10H2,1H3,(H,20,21). The molecule has 122 valence electrons. The van der Waals surface area contributed by atoms with Crippen molar-refractivity contribution in [2.24, 2.45) is 17.3 Å². The molecule has 0 aromatic heterocycles. The van der Waals surface area contributed by atoms with Crippen LogP contribution in [0, 0.1) is 17.3 Å². The van der Waals surface area contributed by atoms with Gasteiger partial charge in [0.1, 0.15) is 0 Å². The van der Waals surface area contributed by atoms with Crippen molar-refractivity contribution in [1.82, 2.24) is 10.6 Å². The lowest BCUT2D eigenvalue weighted by Gasteiger charge is -2.35. The summed E-state index contributed by atoms with van der Waals surface area (Å²) in [6, 6.07) is 0. The summed E-state index contributed by atoms with van der Waals surface area (Å²) in [5, 5.41) is 6.19. The zero-order chi connectivity index (χ0) is 15.5. The van der Waals surface area contributed by atoms with Crippen molar-refractivity contribution in [2.75, 3.05) is 19.6 Å². The Bertz CT molecular complexity index is 364. The first-order valence-electron chi connectivity index (χ1n) is 7.85. The molecule has 1 saturated heterocycles. The summed E-state index contributed by atoms with van der Waals surface area (Å²) in [5.74, 6) is -1.99. The molecule has 1 aliphatic carbocycles. The number of nitrogens with one attached hydrogen (secondary N) is 2. The zero-order valence-corrected chi connectivity index (χ0v) is 12.6. The van der Waals surface area contributed by atoms with Crippen LogP contribution in [-0.2, 0) is 4.79 Å². The van der Waals surface area contributed by atoms with E-state index in [1.54, 1.807) is 0 Å². The second-order valence-electron chi connectivity index (χ2n) is 6.91. The van der Waals surface area contributed by atoms with Gasteiger partial charge in [0, 0.05) is 19.0 Å². The Labute approximate surface area is 124 Å². The molecule has 3 nitrogen and oxygen atoms in total. The smallest absolute Gasteiger partial charge is 0.355 e. The minimum Gasteiger partial charge on any atom is -0.355 e. The second-order valence-corrected chi connectivity index (χ2v) is 6.91. The van der Waals surface area contributed by atoms with E-state index in [2.05, 4.69) is 17.6 Å². The lowest BCUT2D eigenvalue weighted by atomic mass is 9.79. The van der Waals surface area contributed by atoms with Crippen LogP contribution in [-0.4, -0.2) is 31.7 Å². The van der Waals surface area contributed by atoms with Gasteiger partial charge < -0.3 is 10.6 Å². The van der Waals surface area contributed by atoms with E-state index in [1.165, 1.54) is 0 Å². The molecule has 21 heavy (non-hydrogen) atoms. The molecule has 2 fully saturated rings. The molecule has 1 saturated carbocycles. The van der Waals surface area contributed by atoms with E-state index < -0.39 is 18.0 Å². The molecule has 0 aromatic carbocycles. The number of amides is 1. The number of carbonyl (C=O) groups excluding carboxylic acids is 1. The first kappa shape index (κ1) is 16.6. The third kappa shape index (κ3) is 4.59. The highest BCUT2D eigenvalue weighted by Crippen LogP contribution is 2.40. The van der Waals surface area contributed by atoms with Crippen LogP contribution in [0.3, 0.4) is 0 Å². The van der Waals surface area contributed by atoms with Crippen molar-refractivity contribution in [2.45, 2.75) is 51.6 Å². The van der Waals surface area contributed by atoms with Crippen molar-refractivity contribution in [3.05, 3.63) is 0 Å². The predicted molar refractivity (Wildman–Crippen MR) is 74.7 cm³/mol. The third-order valence-corrected chi connectivity index (χ3v) is 4.88. The Morgan fingerprint density at radius 2 is 2.10 bits per heavy atom. The fourth-order valence-corrected chi connectivity index (χ4v) is 3.44. The van der Waals surface area contributed by atoms with Crippen molar-refractivity contribution < 1.29 is 18.0 Å². The summed E-state index contributed by atoms with van der Waals surface area (Å²) in [5.41, 5.74) is 0.0198. The van der Waals surface area contributed by atoms with Gasteiger partial charge in [0.15, 0.2) is 0 Å². The lowest BCUT2D eigenvalue weighted by Crippen LogP contribution is -2.47. The molecule has 2 N–H and O–H groups in total. The van der Waals surface area contributed by atoms with E-state index in [1.807, 2.05) is 0 Å². The van der Waals surface area contributed by atoms with Crippen molar-refractivity contribution in [1.29, 1.82) is 0 Å². The maximum absolute atomic E-state index is 12.8. The van der Waals surface area contributed by atoms with Crippen LogP contribution in [0.4, 0.5) is 13.2 Å². The highest BCUT2D eigenvalue weighted by atomic mass is 19.4. The van der Waals surface area contributed by atoms with Crippen LogP contribution < -0.4 is 10.6 Å². The van der Waals surface area contributed by atoms with Gasteiger partial charge in [-0.05, 0) is 44.1 Å². The average Bonchev–Trinajstić information content (AvgIpc) is 2.45. The van der Waals surface area contributed by atoms with Gasteiger partial charge in [-0.2, -0.15) is 13.2 Å². The summed E-state index contributed by atoms with van der Waals surface area (Å²) < 4.78 is 38.3. The number of piperidine rings is 1. The van der Waals surface area contributed by atoms with Crippen molar-refractivity contribution >= 4 is 5.91 Å². The summed E-state index contributed by atoms with van der Waals surface area (Å²) in [4.78, 5) is 12.2. The van der Waals surface area contributed by atoms with Crippen LogP contribution >= 0.6 is 0 Å². The molecule has 1 amide bonds. The largest absolute Gasteiger partial charge is 0.391 e. The fourth-order valence-electron chi connectivity index (χ4n) is 3.44. The molecule has 3 unspecified atom stereocenters. The Morgan fingerprint density at radius 3 is 2.71 bits per heavy atom. The van der Waals surface area contributed by atoms with Crippen LogP contribution in [0.5, 0.6) is 0 Å². The monoisotopic (exact) mass is 306 g/mol. The fraction of sp³-hybridized carbons (Fsp3) is 0.933. The molecular weight excluding hydrogens is 281 g/mol. The number of hydrogen-bond donors (Lipinski definition) is 2. The molecular formula is C15H25F3N2O. The molecule has 1 heterocycles. The second kappa shape index (κ2) is 6.55. The minimum atomic E-state index is -4.17. The Hall–Kier alpha value is -0.780. The van der Waals surface area contributed by atoms with Gasteiger partial charge in [-0.15, -0.1) is 0 Å². The van der Waals surface area contributed by atoms with Gasteiger partial charge in [-0.25, -0.2) is 0 Å². The van der Waals surface area contributed by atoms with Gasteiger partial charge in [-0.1, -0.05) is 13.3 Å². The molecule has 0 radical (unpaired) electrons. The zero-order valence-electron chi connectivity index (χ0n) is 12.6. The predicted octanol–water partition coefficient (Wildman–Crippen LogP) is 2.86. The van der Waals surface area contributed by atoms with E-state index in [0.717, 1.165) is 25.9 Å². The number of halogens is 3. The molecule has 3 atom stereocenters. The molecule has 0 bridgehead atoms. The first-order valence-corrected chi connectivity index (χ1v) is 7.85. The number of carbonyl (C=O) groups is 1. The van der Waals surface area contributed by atoms with E-state index >= 15 is 0 Å². The quantitative estimate of drug-likeness (QED) is 0.842. The number of rotatable bonds is 3. The van der Waals surface area contributed by atoms with Gasteiger partial charge in [0.25, 0.3) is 0 Å². The molecule has 6 heteroatoms. The highest BCUT2D eigenvalue weighted by molar-refractivity contribution is 5.78. The normalized spacial score (nSPS) is 34.5. The van der Waals surface area contributed by atoms with Gasteiger partial charge in [0.05, 0.1) is 5.92 Å². The minimum absolute atomic E-state index is 0.0198. The summed E-state index contributed by atoms with van der Waals surface area (Å²) in [7, 11) is 0. The topological polar surface area (TPSA) is 41.1 Å². The van der Waals surface area contributed by atoms with E-state index in [-0.39, 0.29) is 24.2 Å². The highest BCUT2D eigenvalue weighted by Gasteiger charge is 2.43. The summed E-state index contributed by atoms with van der Waals surface area (Å²) in [6.07, 6.45) is -0.881. The van der Waals surface area contributed by atoms with Crippen molar-refractivity contribution in [3.8, 4) is 0 Å². The van der Waals surface area contributed by atoms with E-state index in [9.17, 15) is 18.0 Å². The van der Waals surface area contributed by atoms with Gasteiger partial charge in [-0.3, -0.25) is 4.79 Å². The van der Waals surface area contributed by atoms with Crippen molar-refractivity contribution in [3.63, 3.8) is 0 Å². The SMILES string of the molecule is CC1(CNC(=O)C2CCCC(C(F)(F)F)C2)CCCNC1.